The minimum atomic E-state index is -0.507. The van der Waals surface area contributed by atoms with E-state index in [1.54, 1.807) is 13.8 Å². The van der Waals surface area contributed by atoms with E-state index >= 15 is 0 Å². The quantitative estimate of drug-likeness (QED) is 0.757. The van der Waals surface area contributed by atoms with Crippen LogP contribution in [0.5, 0.6) is 0 Å². The molecule has 0 aliphatic rings. The Labute approximate surface area is 118 Å². The van der Waals surface area contributed by atoms with Crippen molar-refractivity contribution in [1.82, 2.24) is 20.3 Å². The number of hydrogen-bond donors (Lipinski definition) is 1. The summed E-state index contributed by atoms with van der Waals surface area (Å²) in [5, 5.41) is 10.6. The van der Waals surface area contributed by atoms with Gasteiger partial charge in [0.05, 0.1) is 12.3 Å². The molecule has 0 radical (unpaired) electrons. The molecule has 0 saturated carbocycles. The molecule has 0 aromatic carbocycles. The predicted octanol–water partition coefficient (Wildman–Crippen LogP) is 1.10. The molecule has 112 valence electrons. The molecule has 20 heavy (non-hydrogen) atoms. The third-order valence-corrected chi connectivity index (χ3v) is 2.84. The maximum absolute atomic E-state index is 11.9. The van der Waals surface area contributed by atoms with Crippen LogP contribution >= 0.6 is 0 Å². The Bertz CT molecular complexity index is 470. The lowest BCUT2D eigenvalue weighted by molar-refractivity contribution is -0.124. The van der Waals surface area contributed by atoms with Gasteiger partial charge in [0.2, 0.25) is 5.91 Å². The van der Waals surface area contributed by atoms with Gasteiger partial charge in [0, 0.05) is 6.54 Å². The van der Waals surface area contributed by atoms with E-state index in [1.165, 1.54) is 4.68 Å². The molecular formula is C13H22N4O3. The van der Waals surface area contributed by atoms with Crippen molar-refractivity contribution in [3.05, 3.63) is 11.4 Å². The minimum Gasteiger partial charge on any atom is -0.461 e. The maximum Gasteiger partial charge on any atom is 0.360 e. The predicted molar refractivity (Wildman–Crippen MR) is 73.4 cm³/mol. The Hall–Kier alpha value is -1.92. The van der Waals surface area contributed by atoms with Crippen LogP contribution in [0, 0.1) is 0 Å². The van der Waals surface area contributed by atoms with E-state index < -0.39 is 12.0 Å². The first kappa shape index (κ1) is 16.1. The Balaban J connectivity index is 3.07. The van der Waals surface area contributed by atoms with E-state index in [4.69, 9.17) is 4.74 Å². The highest BCUT2D eigenvalue weighted by Crippen LogP contribution is 2.15. The van der Waals surface area contributed by atoms with Crippen molar-refractivity contribution >= 4 is 11.9 Å². The van der Waals surface area contributed by atoms with Crippen molar-refractivity contribution in [3.63, 3.8) is 0 Å². The van der Waals surface area contributed by atoms with Gasteiger partial charge in [-0.05, 0) is 27.2 Å². The van der Waals surface area contributed by atoms with Crippen LogP contribution in [0.4, 0.5) is 0 Å². The number of nitrogens with zero attached hydrogens (tertiary/aromatic N) is 3. The maximum atomic E-state index is 11.9. The molecule has 1 rings (SSSR count). The molecule has 0 spiro atoms. The molecule has 1 aromatic rings. The van der Waals surface area contributed by atoms with Gasteiger partial charge in [-0.3, -0.25) is 4.79 Å². The van der Waals surface area contributed by atoms with Crippen LogP contribution in [0.1, 0.15) is 56.3 Å². The second kappa shape index (κ2) is 7.62. The molecule has 1 amide bonds. The van der Waals surface area contributed by atoms with E-state index in [-0.39, 0.29) is 18.2 Å². The largest absolute Gasteiger partial charge is 0.461 e. The number of amides is 1. The van der Waals surface area contributed by atoms with Gasteiger partial charge < -0.3 is 10.1 Å². The summed E-state index contributed by atoms with van der Waals surface area (Å²) in [5.74, 6) is -0.643. The van der Waals surface area contributed by atoms with Crippen molar-refractivity contribution in [1.29, 1.82) is 0 Å². The molecule has 0 fully saturated rings. The van der Waals surface area contributed by atoms with Crippen molar-refractivity contribution in [2.45, 2.75) is 46.6 Å². The van der Waals surface area contributed by atoms with E-state index in [9.17, 15) is 9.59 Å². The number of carbonyl (C=O) groups is 2. The van der Waals surface area contributed by atoms with Crippen molar-refractivity contribution in [3.8, 4) is 0 Å². The Morgan fingerprint density at radius 3 is 2.60 bits per heavy atom. The van der Waals surface area contributed by atoms with Gasteiger partial charge in [-0.1, -0.05) is 18.6 Å². The smallest absolute Gasteiger partial charge is 0.360 e. The highest BCUT2D eigenvalue weighted by molar-refractivity contribution is 5.88. The molecule has 7 nitrogen and oxygen atoms in total. The second-order valence-corrected chi connectivity index (χ2v) is 4.37. The first-order valence-electron chi connectivity index (χ1n) is 6.95. The van der Waals surface area contributed by atoms with Crippen molar-refractivity contribution in [2.24, 2.45) is 0 Å². The summed E-state index contributed by atoms with van der Waals surface area (Å²) in [6, 6.07) is -0.507. The zero-order valence-electron chi connectivity index (χ0n) is 12.5. The lowest BCUT2D eigenvalue weighted by Crippen LogP contribution is -2.32. The second-order valence-electron chi connectivity index (χ2n) is 4.37. The SMILES string of the molecule is CCCc1c(C(=O)OCC)nnn1C(C)C(=O)NCC. The highest BCUT2D eigenvalue weighted by atomic mass is 16.5. The molecule has 0 saturated heterocycles. The number of likely N-dealkylation sites (N-methyl/N-ethyl adjacent to an activating group) is 1. The molecule has 1 unspecified atom stereocenters. The number of ether oxygens (including phenoxy) is 1. The Morgan fingerprint density at radius 1 is 1.35 bits per heavy atom. The summed E-state index contributed by atoms with van der Waals surface area (Å²) in [7, 11) is 0. The van der Waals surface area contributed by atoms with Crippen LogP contribution in [0.15, 0.2) is 0 Å². The van der Waals surface area contributed by atoms with Gasteiger partial charge in [0.25, 0.3) is 0 Å². The fourth-order valence-corrected chi connectivity index (χ4v) is 1.89. The summed E-state index contributed by atoms with van der Waals surface area (Å²) in [6.45, 7) is 8.13. The summed E-state index contributed by atoms with van der Waals surface area (Å²) < 4.78 is 6.46. The van der Waals surface area contributed by atoms with E-state index in [0.29, 0.717) is 18.7 Å². The van der Waals surface area contributed by atoms with Crippen molar-refractivity contribution in [2.75, 3.05) is 13.2 Å². The van der Waals surface area contributed by atoms with Crippen molar-refractivity contribution < 1.29 is 14.3 Å². The van der Waals surface area contributed by atoms with Crippen LogP contribution < -0.4 is 5.32 Å². The first-order chi connectivity index (χ1) is 9.56. The van der Waals surface area contributed by atoms with E-state index in [1.807, 2.05) is 13.8 Å². The number of hydrogen-bond acceptors (Lipinski definition) is 5. The monoisotopic (exact) mass is 282 g/mol. The van der Waals surface area contributed by atoms with Gasteiger partial charge in [-0.2, -0.15) is 0 Å². The summed E-state index contributed by atoms with van der Waals surface area (Å²) in [4.78, 5) is 23.7. The van der Waals surface area contributed by atoms with E-state index in [2.05, 4.69) is 15.6 Å². The average molecular weight is 282 g/mol. The molecule has 0 aliphatic heterocycles. The fraction of sp³-hybridized carbons (Fsp3) is 0.692. The summed E-state index contributed by atoms with van der Waals surface area (Å²) >= 11 is 0. The first-order valence-corrected chi connectivity index (χ1v) is 6.95. The standard InChI is InChI=1S/C13H22N4O3/c1-5-8-10-11(13(19)20-7-3)15-16-17(10)9(4)12(18)14-6-2/h9H,5-8H2,1-4H3,(H,14,18). The number of aromatic nitrogens is 3. The zero-order chi connectivity index (χ0) is 15.1. The van der Waals surface area contributed by atoms with Gasteiger partial charge >= 0.3 is 5.97 Å². The van der Waals surface area contributed by atoms with Crippen LogP contribution in [-0.2, 0) is 16.0 Å². The third-order valence-electron chi connectivity index (χ3n) is 2.84. The molecule has 0 aliphatic carbocycles. The molecule has 7 heteroatoms. The third kappa shape index (κ3) is 3.55. The number of carbonyl (C=O) groups excluding carboxylic acids is 2. The highest BCUT2D eigenvalue weighted by Gasteiger charge is 2.25. The fourth-order valence-electron chi connectivity index (χ4n) is 1.89. The summed E-state index contributed by atoms with van der Waals surface area (Å²) in [5.41, 5.74) is 0.842. The van der Waals surface area contributed by atoms with Crippen LogP contribution in [-0.4, -0.2) is 40.0 Å². The van der Waals surface area contributed by atoms with Crippen LogP contribution in [0.25, 0.3) is 0 Å². The van der Waals surface area contributed by atoms with Gasteiger partial charge in [-0.15, -0.1) is 5.10 Å². The van der Waals surface area contributed by atoms with Gasteiger partial charge in [-0.25, -0.2) is 9.48 Å². The zero-order valence-corrected chi connectivity index (χ0v) is 12.5. The minimum absolute atomic E-state index is 0.148. The molecule has 1 heterocycles. The van der Waals surface area contributed by atoms with E-state index in [0.717, 1.165) is 6.42 Å². The average Bonchev–Trinajstić information content (AvgIpc) is 2.82. The van der Waals surface area contributed by atoms with Crippen LogP contribution in [0.2, 0.25) is 0 Å². The lowest BCUT2D eigenvalue weighted by Gasteiger charge is -2.14. The lowest BCUT2D eigenvalue weighted by atomic mass is 10.2. The molecular weight excluding hydrogens is 260 g/mol. The number of esters is 1. The molecule has 1 N–H and O–H groups in total. The van der Waals surface area contributed by atoms with Crippen LogP contribution in [0.3, 0.4) is 0 Å². The number of nitrogens with one attached hydrogen (secondary N) is 1. The van der Waals surface area contributed by atoms with Gasteiger partial charge in [0.15, 0.2) is 5.69 Å². The molecule has 1 aromatic heterocycles. The Kier molecular flexibility index (Phi) is 6.14. The molecule has 0 bridgehead atoms. The molecule has 1 atom stereocenters. The normalized spacial score (nSPS) is 12.0. The number of rotatable bonds is 7. The topological polar surface area (TPSA) is 86.1 Å². The van der Waals surface area contributed by atoms with Gasteiger partial charge in [0.1, 0.15) is 6.04 Å². The summed E-state index contributed by atoms with van der Waals surface area (Å²) in [6.07, 6.45) is 1.44. The Morgan fingerprint density at radius 2 is 2.05 bits per heavy atom.